The molecule has 0 aliphatic heterocycles. The van der Waals surface area contributed by atoms with Crippen molar-refractivity contribution in [2.45, 2.75) is 19.0 Å². The number of H-pyrrole nitrogens is 1. The molecule has 23 heavy (non-hydrogen) atoms. The van der Waals surface area contributed by atoms with Gasteiger partial charge in [-0.3, -0.25) is 0 Å². The van der Waals surface area contributed by atoms with Crippen LogP contribution in [0.25, 0.3) is 11.3 Å². The van der Waals surface area contributed by atoms with Crippen molar-refractivity contribution >= 4 is 5.97 Å². The standard InChI is InChI=1S/C13H10F5N3O2/c1-2-23-11(22)10-9(19-21-20-10)7-4-3-5-8(6-7)12(14,15)13(16,17)18/h3-6H,2H2,1H3,(H,19,20,21). The molecule has 0 radical (unpaired) electrons. The molecule has 2 rings (SSSR count). The molecule has 0 bridgehead atoms. The van der Waals surface area contributed by atoms with E-state index < -0.39 is 23.6 Å². The summed E-state index contributed by atoms with van der Waals surface area (Å²) < 4.78 is 68.8. The zero-order valence-corrected chi connectivity index (χ0v) is 11.6. The Kier molecular flexibility index (Phi) is 4.35. The highest BCUT2D eigenvalue weighted by molar-refractivity contribution is 5.93. The van der Waals surface area contributed by atoms with E-state index >= 15 is 0 Å². The first kappa shape index (κ1) is 16.8. The van der Waals surface area contributed by atoms with E-state index in [4.69, 9.17) is 4.74 Å². The monoisotopic (exact) mass is 335 g/mol. The third kappa shape index (κ3) is 3.15. The second kappa shape index (κ2) is 5.94. The molecule has 1 aromatic carbocycles. The number of esters is 1. The molecule has 10 heteroatoms. The van der Waals surface area contributed by atoms with Crippen LogP contribution in [0, 0.1) is 0 Å². The Morgan fingerprint density at radius 2 is 1.91 bits per heavy atom. The smallest absolute Gasteiger partial charge is 0.458 e. The van der Waals surface area contributed by atoms with Crippen LogP contribution in [-0.4, -0.2) is 34.2 Å². The van der Waals surface area contributed by atoms with Crippen molar-refractivity contribution in [3.63, 3.8) is 0 Å². The number of rotatable bonds is 4. The van der Waals surface area contributed by atoms with Crippen LogP contribution in [0.1, 0.15) is 23.0 Å². The summed E-state index contributed by atoms with van der Waals surface area (Å²) in [6, 6.07) is 3.49. The molecule has 0 atom stereocenters. The molecule has 124 valence electrons. The van der Waals surface area contributed by atoms with Gasteiger partial charge in [0.25, 0.3) is 0 Å². The normalized spacial score (nSPS) is 12.3. The molecule has 0 aliphatic rings. The van der Waals surface area contributed by atoms with E-state index in [-0.39, 0.29) is 23.6 Å². The Morgan fingerprint density at radius 3 is 2.52 bits per heavy atom. The second-order valence-electron chi connectivity index (χ2n) is 4.39. The van der Waals surface area contributed by atoms with Crippen molar-refractivity contribution in [3.8, 4) is 11.3 Å². The molecule has 0 fully saturated rings. The predicted octanol–water partition coefficient (Wildman–Crippen LogP) is 3.30. The number of aromatic amines is 1. The Bertz CT molecular complexity index is 712. The maximum absolute atomic E-state index is 13.4. The van der Waals surface area contributed by atoms with Crippen LogP contribution < -0.4 is 0 Å². The van der Waals surface area contributed by atoms with Gasteiger partial charge in [0.1, 0.15) is 5.69 Å². The number of hydrogen-bond acceptors (Lipinski definition) is 4. The van der Waals surface area contributed by atoms with Crippen LogP contribution in [-0.2, 0) is 10.7 Å². The number of aromatic nitrogens is 3. The fourth-order valence-corrected chi connectivity index (χ4v) is 1.80. The second-order valence-corrected chi connectivity index (χ2v) is 4.39. The minimum atomic E-state index is -5.74. The van der Waals surface area contributed by atoms with Gasteiger partial charge in [0.05, 0.1) is 6.61 Å². The number of nitrogens with zero attached hydrogens (tertiary/aromatic N) is 2. The number of carbonyl (C=O) groups is 1. The summed E-state index contributed by atoms with van der Waals surface area (Å²) in [6.45, 7) is 1.58. The summed E-state index contributed by atoms with van der Waals surface area (Å²) in [5, 5.41) is 9.26. The summed E-state index contributed by atoms with van der Waals surface area (Å²) in [4.78, 5) is 11.7. The minimum absolute atomic E-state index is 0.0390. The zero-order chi connectivity index (χ0) is 17.3. The molecule has 0 saturated carbocycles. The highest BCUT2D eigenvalue weighted by Gasteiger charge is 2.58. The van der Waals surface area contributed by atoms with Gasteiger partial charge < -0.3 is 4.74 Å². The maximum atomic E-state index is 13.4. The van der Waals surface area contributed by atoms with Gasteiger partial charge >= 0.3 is 18.1 Å². The SMILES string of the molecule is CCOC(=O)c1n[nH]nc1-c1cccc(C(F)(F)C(F)(F)F)c1. The first-order chi connectivity index (χ1) is 10.7. The summed E-state index contributed by atoms with van der Waals surface area (Å²) >= 11 is 0. The molecule has 0 spiro atoms. The number of halogens is 5. The highest BCUT2D eigenvalue weighted by Crippen LogP contribution is 2.44. The Hall–Kier alpha value is -2.52. The summed E-state index contributed by atoms with van der Waals surface area (Å²) in [5.74, 6) is -5.90. The quantitative estimate of drug-likeness (QED) is 0.688. The van der Waals surface area contributed by atoms with Crippen molar-refractivity contribution in [2.24, 2.45) is 0 Å². The van der Waals surface area contributed by atoms with E-state index in [2.05, 4.69) is 15.4 Å². The summed E-state index contributed by atoms with van der Waals surface area (Å²) in [6.07, 6.45) is -5.74. The van der Waals surface area contributed by atoms with Gasteiger partial charge in [-0.05, 0) is 13.0 Å². The highest BCUT2D eigenvalue weighted by atomic mass is 19.4. The van der Waals surface area contributed by atoms with Gasteiger partial charge in [0, 0.05) is 11.1 Å². The number of carbonyl (C=O) groups excluding carboxylic acids is 1. The molecule has 0 unspecified atom stereocenters. The van der Waals surface area contributed by atoms with Crippen LogP contribution in [0.15, 0.2) is 24.3 Å². The third-order valence-electron chi connectivity index (χ3n) is 2.87. The Morgan fingerprint density at radius 1 is 1.22 bits per heavy atom. The first-order valence-corrected chi connectivity index (χ1v) is 6.31. The van der Waals surface area contributed by atoms with Gasteiger partial charge in [-0.15, -0.1) is 5.10 Å². The van der Waals surface area contributed by atoms with E-state index in [1.54, 1.807) is 6.92 Å². The van der Waals surface area contributed by atoms with Crippen LogP contribution in [0.3, 0.4) is 0 Å². The number of nitrogens with one attached hydrogen (secondary N) is 1. The molecule has 0 saturated heterocycles. The van der Waals surface area contributed by atoms with Crippen LogP contribution in [0.2, 0.25) is 0 Å². The van der Waals surface area contributed by atoms with E-state index in [1.807, 2.05) is 0 Å². The molecule has 2 aromatic rings. The Balaban J connectivity index is 2.47. The number of ether oxygens (including phenoxy) is 1. The fraction of sp³-hybridized carbons (Fsp3) is 0.308. The lowest BCUT2D eigenvalue weighted by Gasteiger charge is -2.20. The number of alkyl halides is 5. The van der Waals surface area contributed by atoms with Gasteiger partial charge in [-0.2, -0.15) is 32.3 Å². The molecule has 1 heterocycles. The minimum Gasteiger partial charge on any atom is -0.461 e. The topological polar surface area (TPSA) is 67.9 Å². The predicted molar refractivity (Wildman–Crippen MR) is 67.7 cm³/mol. The molecular formula is C13H10F5N3O2. The zero-order valence-electron chi connectivity index (χ0n) is 11.6. The van der Waals surface area contributed by atoms with E-state index in [0.29, 0.717) is 12.1 Å². The van der Waals surface area contributed by atoms with Crippen molar-refractivity contribution in [1.29, 1.82) is 0 Å². The van der Waals surface area contributed by atoms with E-state index in [1.165, 1.54) is 6.07 Å². The van der Waals surface area contributed by atoms with Gasteiger partial charge in [0.15, 0.2) is 5.69 Å². The van der Waals surface area contributed by atoms with Gasteiger partial charge in [0.2, 0.25) is 0 Å². The van der Waals surface area contributed by atoms with Gasteiger partial charge in [-0.25, -0.2) is 4.79 Å². The lowest BCUT2D eigenvalue weighted by Crippen LogP contribution is -2.33. The van der Waals surface area contributed by atoms with Crippen LogP contribution in [0.5, 0.6) is 0 Å². The largest absolute Gasteiger partial charge is 0.461 e. The molecule has 0 amide bonds. The fourth-order valence-electron chi connectivity index (χ4n) is 1.80. The number of benzene rings is 1. The van der Waals surface area contributed by atoms with Crippen LogP contribution in [0.4, 0.5) is 22.0 Å². The Labute approximate surface area is 126 Å². The lowest BCUT2D eigenvalue weighted by atomic mass is 10.0. The maximum Gasteiger partial charge on any atom is 0.458 e. The lowest BCUT2D eigenvalue weighted by molar-refractivity contribution is -0.289. The van der Waals surface area contributed by atoms with E-state index in [0.717, 1.165) is 6.07 Å². The van der Waals surface area contributed by atoms with Crippen molar-refractivity contribution in [3.05, 3.63) is 35.5 Å². The van der Waals surface area contributed by atoms with Gasteiger partial charge in [-0.1, -0.05) is 18.2 Å². The first-order valence-electron chi connectivity index (χ1n) is 6.31. The molecule has 1 N–H and O–H groups in total. The molecule has 0 aliphatic carbocycles. The molecule has 5 nitrogen and oxygen atoms in total. The van der Waals surface area contributed by atoms with Crippen molar-refractivity contribution in [2.75, 3.05) is 6.61 Å². The molecular weight excluding hydrogens is 325 g/mol. The average Bonchev–Trinajstić information content (AvgIpc) is 2.96. The van der Waals surface area contributed by atoms with Crippen molar-refractivity contribution in [1.82, 2.24) is 15.4 Å². The summed E-state index contributed by atoms with van der Waals surface area (Å²) in [5.41, 5.74) is -1.87. The average molecular weight is 335 g/mol. The third-order valence-corrected chi connectivity index (χ3v) is 2.87. The van der Waals surface area contributed by atoms with Crippen molar-refractivity contribution < 1.29 is 31.5 Å². The molecule has 1 aromatic heterocycles. The summed E-state index contributed by atoms with van der Waals surface area (Å²) in [7, 11) is 0. The number of hydrogen-bond donors (Lipinski definition) is 1. The van der Waals surface area contributed by atoms with Crippen LogP contribution >= 0.6 is 0 Å². The van der Waals surface area contributed by atoms with E-state index in [9.17, 15) is 26.7 Å².